The molecule has 1 aromatic carbocycles. The van der Waals surface area contributed by atoms with Crippen LogP contribution in [0.15, 0.2) is 48.8 Å². The molecule has 1 fully saturated rings. The maximum Gasteiger partial charge on any atom is 0.274 e. The molecule has 0 aliphatic carbocycles. The Bertz CT molecular complexity index is 913. The molecule has 0 atom stereocenters. The van der Waals surface area contributed by atoms with E-state index in [2.05, 4.69) is 25.2 Å². The number of nitrogens with one attached hydrogen (secondary N) is 1. The summed E-state index contributed by atoms with van der Waals surface area (Å²) in [6.07, 6.45) is 8.14. The van der Waals surface area contributed by atoms with Crippen LogP contribution in [0.1, 0.15) is 36.2 Å². The van der Waals surface area contributed by atoms with Gasteiger partial charge in [0.25, 0.3) is 5.91 Å². The molecule has 0 unspecified atom stereocenters. The maximum absolute atomic E-state index is 12.7. The van der Waals surface area contributed by atoms with Crippen molar-refractivity contribution in [2.75, 3.05) is 23.3 Å². The van der Waals surface area contributed by atoms with Gasteiger partial charge in [0.2, 0.25) is 5.95 Å². The number of nitrogens with zero attached hydrogens (tertiary/aromatic N) is 4. The van der Waals surface area contributed by atoms with E-state index in [0.717, 1.165) is 36.8 Å². The monoisotopic (exact) mass is 347 g/mol. The predicted molar refractivity (Wildman–Crippen MR) is 102 cm³/mol. The number of para-hydroxylation sites is 1. The van der Waals surface area contributed by atoms with E-state index >= 15 is 0 Å². The molecule has 6 heteroatoms. The van der Waals surface area contributed by atoms with Crippen molar-refractivity contribution in [3.63, 3.8) is 0 Å². The highest BCUT2D eigenvalue weighted by molar-refractivity contribution is 6.07. The van der Waals surface area contributed by atoms with Gasteiger partial charge in [0.1, 0.15) is 5.69 Å². The lowest BCUT2D eigenvalue weighted by molar-refractivity contribution is 0.102. The third-order valence-electron chi connectivity index (χ3n) is 4.65. The molecule has 6 nitrogen and oxygen atoms in total. The van der Waals surface area contributed by atoms with E-state index in [4.69, 9.17) is 0 Å². The normalized spacial score (nSPS) is 14.8. The predicted octanol–water partition coefficient (Wildman–Crippen LogP) is 3.66. The number of benzene rings is 1. The highest BCUT2D eigenvalue weighted by Gasteiger charge is 2.16. The largest absolute Gasteiger partial charge is 0.341 e. The molecular formula is C20H21N5O. The summed E-state index contributed by atoms with van der Waals surface area (Å²) < 4.78 is 0. The molecule has 1 aliphatic rings. The fraction of sp³-hybridized carbons (Fsp3) is 0.300. The van der Waals surface area contributed by atoms with E-state index in [9.17, 15) is 4.79 Å². The number of aromatic nitrogens is 3. The Kier molecular flexibility index (Phi) is 4.73. The summed E-state index contributed by atoms with van der Waals surface area (Å²) in [6, 6.07) is 11.2. The minimum atomic E-state index is -0.248. The summed E-state index contributed by atoms with van der Waals surface area (Å²) in [4.78, 5) is 28.1. The molecule has 4 rings (SSSR count). The third-order valence-corrected chi connectivity index (χ3v) is 4.65. The first-order valence-corrected chi connectivity index (χ1v) is 9.04. The molecule has 0 bridgehead atoms. The molecule has 0 spiro atoms. The second kappa shape index (κ2) is 7.47. The van der Waals surface area contributed by atoms with Crippen LogP contribution in [0, 0.1) is 0 Å². The van der Waals surface area contributed by atoms with Crippen LogP contribution < -0.4 is 10.2 Å². The van der Waals surface area contributed by atoms with Gasteiger partial charge >= 0.3 is 0 Å². The van der Waals surface area contributed by atoms with Crippen molar-refractivity contribution in [1.82, 2.24) is 15.0 Å². The van der Waals surface area contributed by atoms with Gasteiger partial charge in [-0.15, -0.1) is 0 Å². The van der Waals surface area contributed by atoms with Gasteiger partial charge in [-0.1, -0.05) is 31.0 Å². The van der Waals surface area contributed by atoms with Crippen molar-refractivity contribution in [3.05, 3.63) is 54.5 Å². The van der Waals surface area contributed by atoms with E-state index in [-0.39, 0.29) is 5.91 Å². The van der Waals surface area contributed by atoms with Crippen molar-refractivity contribution >= 4 is 28.4 Å². The van der Waals surface area contributed by atoms with Gasteiger partial charge in [0.15, 0.2) is 0 Å². The lowest BCUT2D eigenvalue weighted by Crippen LogP contribution is -2.27. The number of carbonyl (C=O) groups excluding carboxylic acids is 1. The standard InChI is InChI=1S/C20H21N5O/c26-19(23-16-9-5-7-15-8-6-11-21-18(15)16)17-10-12-22-20(24-17)25-13-3-1-2-4-14-25/h5-12H,1-4,13-14H2,(H,23,26). The number of rotatable bonds is 3. The number of hydrogen-bond donors (Lipinski definition) is 1. The van der Waals surface area contributed by atoms with Crippen LogP contribution in [-0.4, -0.2) is 33.9 Å². The van der Waals surface area contributed by atoms with Gasteiger partial charge in [0, 0.05) is 30.9 Å². The fourth-order valence-electron chi connectivity index (χ4n) is 3.29. The Morgan fingerprint density at radius 1 is 0.923 bits per heavy atom. The van der Waals surface area contributed by atoms with Crippen LogP contribution in [0.2, 0.25) is 0 Å². The highest BCUT2D eigenvalue weighted by Crippen LogP contribution is 2.21. The number of pyridine rings is 1. The molecule has 132 valence electrons. The van der Waals surface area contributed by atoms with E-state index in [0.29, 0.717) is 17.3 Å². The average molecular weight is 347 g/mol. The van der Waals surface area contributed by atoms with Crippen molar-refractivity contribution in [1.29, 1.82) is 0 Å². The summed E-state index contributed by atoms with van der Waals surface area (Å²) in [5.41, 5.74) is 1.82. The van der Waals surface area contributed by atoms with E-state index in [1.54, 1.807) is 18.5 Å². The van der Waals surface area contributed by atoms with Crippen LogP contribution in [0.3, 0.4) is 0 Å². The lowest BCUT2D eigenvalue weighted by Gasteiger charge is -2.20. The summed E-state index contributed by atoms with van der Waals surface area (Å²) in [5.74, 6) is 0.386. The first kappa shape index (κ1) is 16.4. The maximum atomic E-state index is 12.7. The van der Waals surface area contributed by atoms with E-state index < -0.39 is 0 Å². The van der Waals surface area contributed by atoms with Gasteiger partial charge in [-0.3, -0.25) is 9.78 Å². The van der Waals surface area contributed by atoms with E-state index in [1.165, 1.54) is 12.8 Å². The van der Waals surface area contributed by atoms with Gasteiger partial charge in [-0.05, 0) is 31.0 Å². The number of carbonyl (C=O) groups is 1. The van der Waals surface area contributed by atoms with Crippen LogP contribution in [-0.2, 0) is 0 Å². The lowest BCUT2D eigenvalue weighted by atomic mass is 10.2. The van der Waals surface area contributed by atoms with E-state index in [1.807, 2.05) is 30.3 Å². The van der Waals surface area contributed by atoms with Crippen molar-refractivity contribution in [2.45, 2.75) is 25.7 Å². The molecule has 0 saturated carbocycles. The zero-order chi connectivity index (χ0) is 17.8. The van der Waals surface area contributed by atoms with Crippen LogP contribution in [0.4, 0.5) is 11.6 Å². The Morgan fingerprint density at radius 3 is 2.58 bits per heavy atom. The Morgan fingerprint density at radius 2 is 1.73 bits per heavy atom. The average Bonchev–Trinajstić information content (AvgIpc) is 2.98. The number of fused-ring (bicyclic) bond motifs is 1. The number of anilines is 2. The minimum Gasteiger partial charge on any atom is -0.341 e. The molecule has 1 amide bonds. The molecule has 1 aliphatic heterocycles. The topological polar surface area (TPSA) is 71.0 Å². The first-order valence-electron chi connectivity index (χ1n) is 9.04. The number of hydrogen-bond acceptors (Lipinski definition) is 5. The molecule has 0 radical (unpaired) electrons. The first-order chi connectivity index (χ1) is 12.8. The second-order valence-corrected chi connectivity index (χ2v) is 6.48. The summed E-state index contributed by atoms with van der Waals surface area (Å²) in [7, 11) is 0. The van der Waals surface area contributed by atoms with Crippen LogP contribution in [0.5, 0.6) is 0 Å². The fourth-order valence-corrected chi connectivity index (χ4v) is 3.29. The molecule has 3 heterocycles. The Hall–Kier alpha value is -3.02. The SMILES string of the molecule is O=C(Nc1cccc2cccnc12)c1ccnc(N2CCCCCC2)n1. The molecule has 26 heavy (non-hydrogen) atoms. The van der Waals surface area contributed by atoms with Gasteiger partial charge in [0.05, 0.1) is 11.2 Å². The highest BCUT2D eigenvalue weighted by atomic mass is 16.1. The molecule has 3 aromatic rings. The van der Waals surface area contributed by atoms with Gasteiger partial charge in [-0.2, -0.15) is 0 Å². The summed E-state index contributed by atoms with van der Waals surface area (Å²) in [5, 5.41) is 3.92. The smallest absolute Gasteiger partial charge is 0.274 e. The second-order valence-electron chi connectivity index (χ2n) is 6.48. The minimum absolute atomic E-state index is 0.248. The molecule has 1 saturated heterocycles. The molecule has 1 N–H and O–H groups in total. The van der Waals surface area contributed by atoms with Crippen molar-refractivity contribution in [2.24, 2.45) is 0 Å². The zero-order valence-corrected chi connectivity index (χ0v) is 14.6. The quantitative estimate of drug-likeness (QED) is 0.783. The summed E-state index contributed by atoms with van der Waals surface area (Å²) >= 11 is 0. The molecule has 2 aromatic heterocycles. The van der Waals surface area contributed by atoms with Gasteiger partial charge in [-0.25, -0.2) is 9.97 Å². The Balaban J connectivity index is 1.57. The zero-order valence-electron chi connectivity index (χ0n) is 14.6. The van der Waals surface area contributed by atoms with Crippen molar-refractivity contribution < 1.29 is 4.79 Å². The van der Waals surface area contributed by atoms with Crippen molar-refractivity contribution in [3.8, 4) is 0 Å². The Labute approximate surface area is 152 Å². The molecular weight excluding hydrogens is 326 g/mol. The third kappa shape index (κ3) is 3.49. The van der Waals surface area contributed by atoms with Gasteiger partial charge < -0.3 is 10.2 Å². The van der Waals surface area contributed by atoms with Crippen LogP contribution in [0.25, 0.3) is 10.9 Å². The number of amides is 1. The summed E-state index contributed by atoms with van der Waals surface area (Å²) in [6.45, 7) is 1.89. The van der Waals surface area contributed by atoms with Crippen LogP contribution >= 0.6 is 0 Å².